The molecule has 2 aromatic rings. The lowest BCUT2D eigenvalue weighted by Gasteiger charge is -2.34. The van der Waals surface area contributed by atoms with Gasteiger partial charge in [0, 0.05) is 38.6 Å². The van der Waals surface area contributed by atoms with Crippen LogP contribution >= 0.6 is 0 Å². The van der Waals surface area contributed by atoms with E-state index in [1.165, 1.54) is 6.07 Å². The van der Waals surface area contributed by atoms with Gasteiger partial charge in [0.1, 0.15) is 5.82 Å². The van der Waals surface area contributed by atoms with Gasteiger partial charge in [-0.1, -0.05) is 12.1 Å². The zero-order valence-corrected chi connectivity index (χ0v) is 11.4. The van der Waals surface area contributed by atoms with Crippen LogP contribution in [0, 0.1) is 5.82 Å². The molecule has 0 saturated carbocycles. The Morgan fingerprint density at radius 2 is 2.00 bits per heavy atom. The largest absolute Gasteiger partial charge is 0.339 e. The molecule has 3 rings (SSSR count). The Bertz CT molecular complexity index is 608. The molecule has 6 nitrogen and oxygen atoms in total. The summed E-state index contributed by atoms with van der Waals surface area (Å²) in [5.41, 5.74) is 0.205. The molecule has 21 heavy (non-hydrogen) atoms. The number of hydrogen-bond donors (Lipinski definition) is 2. The first-order valence-corrected chi connectivity index (χ1v) is 6.79. The van der Waals surface area contributed by atoms with Gasteiger partial charge in [0.25, 0.3) is 0 Å². The molecular formula is C14H16FN5O. The minimum atomic E-state index is -0.430. The van der Waals surface area contributed by atoms with Crippen molar-refractivity contribution in [3.8, 4) is 0 Å². The molecule has 0 atom stereocenters. The van der Waals surface area contributed by atoms with Crippen molar-refractivity contribution >= 4 is 17.7 Å². The van der Waals surface area contributed by atoms with Crippen molar-refractivity contribution in [3.05, 3.63) is 42.5 Å². The van der Waals surface area contributed by atoms with Crippen LogP contribution in [0.3, 0.4) is 0 Å². The zero-order chi connectivity index (χ0) is 14.7. The van der Waals surface area contributed by atoms with Gasteiger partial charge < -0.3 is 20.1 Å². The Morgan fingerprint density at radius 3 is 2.67 bits per heavy atom. The van der Waals surface area contributed by atoms with Gasteiger partial charge in [0.05, 0.1) is 5.69 Å². The minimum absolute atomic E-state index is 0.205. The van der Waals surface area contributed by atoms with Crippen molar-refractivity contribution < 1.29 is 9.18 Å². The lowest BCUT2D eigenvalue weighted by molar-refractivity contribution is 0.208. The van der Waals surface area contributed by atoms with E-state index in [4.69, 9.17) is 0 Å². The van der Waals surface area contributed by atoms with Gasteiger partial charge in [-0.25, -0.2) is 14.2 Å². The number of carbonyl (C=O) groups is 1. The average molecular weight is 289 g/mol. The SMILES string of the molecule is O=C(Nc1ccccc1F)N1CCN(c2ncc[nH]2)CC1. The second-order valence-corrected chi connectivity index (χ2v) is 4.80. The van der Waals surface area contributed by atoms with Crippen LogP contribution in [0.15, 0.2) is 36.7 Å². The normalized spacial score (nSPS) is 15.1. The molecule has 2 amide bonds. The summed E-state index contributed by atoms with van der Waals surface area (Å²) in [6.07, 6.45) is 3.47. The second-order valence-electron chi connectivity index (χ2n) is 4.80. The Kier molecular flexibility index (Phi) is 3.72. The molecule has 1 aliphatic heterocycles. The van der Waals surface area contributed by atoms with E-state index in [1.807, 2.05) is 0 Å². The molecule has 0 aliphatic carbocycles. The van der Waals surface area contributed by atoms with Crippen LogP contribution in [0.2, 0.25) is 0 Å². The first kappa shape index (κ1) is 13.4. The van der Waals surface area contributed by atoms with Gasteiger partial charge in [-0.15, -0.1) is 0 Å². The number of anilines is 2. The highest BCUT2D eigenvalue weighted by Crippen LogP contribution is 2.15. The van der Waals surface area contributed by atoms with Crippen molar-refractivity contribution in [2.45, 2.75) is 0 Å². The van der Waals surface area contributed by atoms with Crippen LogP contribution in [0.4, 0.5) is 20.8 Å². The molecule has 1 aromatic heterocycles. The van der Waals surface area contributed by atoms with Crippen molar-refractivity contribution in [3.63, 3.8) is 0 Å². The fourth-order valence-electron chi connectivity index (χ4n) is 2.31. The second kappa shape index (κ2) is 5.82. The maximum atomic E-state index is 13.5. The van der Waals surface area contributed by atoms with Crippen molar-refractivity contribution in [1.82, 2.24) is 14.9 Å². The summed E-state index contributed by atoms with van der Waals surface area (Å²) in [7, 11) is 0. The number of piperazine rings is 1. The Labute approximate surface area is 121 Å². The number of aromatic nitrogens is 2. The molecule has 7 heteroatoms. The quantitative estimate of drug-likeness (QED) is 0.887. The van der Waals surface area contributed by atoms with Crippen LogP contribution in [0.5, 0.6) is 0 Å². The van der Waals surface area contributed by atoms with E-state index in [-0.39, 0.29) is 11.7 Å². The number of urea groups is 1. The van der Waals surface area contributed by atoms with E-state index in [0.717, 1.165) is 5.95 Å². The fraction of sp³-hybridized carbons (Fsp3) is 0.286. The Morgan fingerprint density at radius 1 is 1.24 bits per heavy atom. The van der Waals surface area contributed by atoms with E-state index in [1.54, 1.807) is 35.5 Å². The molecule has 1 fully saturated rings. The Balaban J connectivity index is 1.57. The van der Waals surface area contributed by atoms with Gasteiger partial charge in [-0.05, 0) is 12.1 Å². The number of carbonyl (C=O) groups excluding carboxylic acids is 1. The molecule has 0 bridgehead atoms. The van der Waals surface area contributed by atoms with Crippen molar-refractivity contribution in [2.24, 2.45) is 0 Å². The summed E-state index contributed by atoms with van der Waals surface area (Å²) in [5.74, 6) is 0.379. The van der Waals surface area contributed by atoms with Gasteiger partial charge in [0.15, 0.2) is 0 Å². The van der Waals surface area contributed by atoms with E-state index in [0.29, 0.717) is 26.2 Å². The first-order valence-electron chi connectivity index (χ1n) is 6.79. The third-order valence-electron chi connectivity index (χ3n) is 3.47. The molecule has 2 N–H and O–H groups in total. The number of nitrogens with one attached hydrogen (secondary N) is 2. The monoisotopic (exact) mass is 289 g/mol. The summed E-state index contributed by atoms with van der Waals surface area (Å²) in [6, 6.07) is 5.87. The molecule has 0 radical (unpaired) electrons. The van der Waals surface area contributed by atoms with Crippen LogP contribution in [0.25, 0.3) is 0 Å². The average Bonchev–Trinajstić information content (AvgIpc) is 3.04. The molecular weight excluding hydrogens is 273 g/mol. The third-order valence-corrected chi connectivity index (χ3v) is 3.47. The highest BCUT2D eigenvalue weighted by atomic mass is 19.1. The van der Waals surface area contributed by atoms with Crippen LogP contribution in [-0.4, -0.2) is 47.1 Å². The van der Waals surface area contributed by atoms with Gasteiger partial charge in [-0.3, -0.25) is 0 Å². The molecule has 110 valence electrons. The summed E-state index contributed by atoms with van der Waals surface area (Å²) in [4.78, 5) is 23.1. The number of rotatable bonds is 2. The molecule has 1 aliphatic rings. The van der Waals surface area contributed by atoms with Gasteiger partial charge in [-0.2, -0.15) is 0 Å². The van der Waals surface area contributed by atoms with Crippen LogP contribution in [-0.2, 0) is 0 Å². The van der Waals surface area contributed by atoms with E-state index in [2.05, 4.69) is 20.2 Å². The fourth-order valence-corrected chi connectivity index (χ4v) is 2.31. The van der Waals surface area contributed by atoms with E-state index < -0.39 is 5.82 Å². The van der Waals surface area contributed by atoms with Gasteiger partial charge in [0.2, 0.25) is 5.95 Å². The molecule has 0 unspecified atom stereocenters. The number of H-pyrrole nitrogens is 1. The van der Waals surface area contributed by atoms with Crippen LogP contribution < -0.4 is 10.2 Å². The number of benzene rings is 1. The van der Waals surface area contributed by atoms with Crippen LogP contribution in [0.1, 0.15) is 0 Å². The third kappa shape index (κ3) is 2.96. The number of hydrogen-bond acceptors (Lipinski definition) is 3. The summed E-state index contributed by atoms with van der Waals surface area (Å²) in [5, 5.41) is 2.60. The summed E-state index contributed by atoms with van der Waals surface area (Å²) >= 11 is 0. The lowest BCUT2D eigenvalue weighted by Crippen LogP contribution is -2.50. The maximum Gasteiger partial charge on any atom is 0.322 e. The standard InChI is InChI=1S/C14H16FN5O/c15-11-3-1-2-4-12(11)18-14(21)20-9-7-19(8-10-20)13-16-5-6-17-13/h1-6H,7-10H2,(H,16,17)(H,18,21). The highest BCUT2D eigenvalue weighted by molar-refractivity contribution is 5.89. The summed E-state index contributed by atoms with van der Waals surface area (Å²) in [6.45, 7) is 2.53. The maximum absolute atomic E-state index is 13.5. The molecule has 1 aromatic carbocycles. The minimum Gasteiger partial charge on any atom is -0.339 e. The Hall–Kier alpha value is -2.57. The van der Waals surface area contributed by atoms with Crippen molar-refractivity contribution in [2.75, 3.05) is 36.4 Å². The number of para-hydroxylation sites is 1. The number of aromatic amines is 1. The first-order chi connectivity index (χ1) is 10.2. The number of imidazole rings is 1. The van der Waals surface area contributed by atoms with E-state index in [9.17, 15) is 9.18 Å². The predicted octanol–water partition coefficient (Wildman–Crippen LogP) is 1.90. The summed E-state index contributed by atoms with van der Waals surface area (Å²) < 4.78 is 13.5. The topological polar surface area (TPSA) is 64.3 Å². The van der Waals surface area contributed by atoms with E-state index >= 15 is 0 Å². The molecule has 0 spiro atoms. The zero-order valence-electron chi connectivity index (χ0n) is 11.4. The van der Waals surface area contributed by atoms with Gasteiger partial charge >= 0.3 is 6.03 Å². The predicted molar refractivity (Wildman–Crippen MR) is 77.8 cm³/mol. The number of nitrogens with zero attached hydrogens (tertiary/aromatic N) is 3. The molecule has 1 saturated heterocycles. The lowest BCUT2D eigenvalue weighted by atomic mass is 10.3. The number of halogens is 1. The highest BCUT2D eigenvalue weighted by Gasteiger charge is 2.22. The molecule has 2 heterocycles. The van der Waals surface area contributed by atoms with Crippen molar-refractivity contribution in [1.29, 1.82) is 0 Å². The number of amides is 2. The smallest absolute Gasteiger partial charge is 0.322 e.